The van der Waals surface area contributed by atoms with Gasteiger partial charge in [-0.3, -0.25) is 9.59 Å². The first-order chi connectivity index (χ1) is 6.93. The molecule has 88 valence electrons. The summed E-state index contributed by atoms with van der Waals surface area (Å²) in [6.07, 6.45) is -2.40. The molecule has 0 aliphatic heterocycles. The largest absolute Gasteiger partial charge is 0.469 e. The van der Waals surface area contributed by atoms with E-state index in [1.807, 2.05) is 0 Å². The minimum Gasteiger partial charge on any atom is -0.469 e. The monoisotopic (exact) mass is 220 g/mol. The van der Waals surface area contributed by atoms with Gasteiger partial charge in [-0.15, -0.1) is 0 Å². The van der Waals surface area contributed by atoms with E-state index in [2.05, 4.69) is 4.74 Å². The van der Waals surface area contributed by atoms with E-state index in [9.17, 15) is 14.7 Å². The van der Waals surface area contributed by atoms with Crippen LogP contribution in [-0.2, 0) is 19.1 Å². The molecule has 0 fully saturated rings. The van der Waals surface area contributed by atoms with E-state index in [1.165, 1.54) is 14.0 Å². The summed E-state index contributed by atoms with van der Waals surface area (Å²) in [5, 5.41) is 18.1. The van der Waals surface area contributed by atoms with Crippen LogP contribution in [0.5, 0.6) is 0 Å². The average molecular weight is 220 g/mol. The second-order valence-corrected chi connectivity index (χ2v) is 3.14. The Labute approximate surface area is 87.8 Å². The highest BCUT2D eigenvalue weighted by Gasteiger charge is 2.33. The molecule has 0 saturated heterocycles. The Morgan fingerprint density at radius 2 is 1.93 bits per heavy atom. The molecule has 0 bridgehead atoms. The Bertz CT molecular complexity index is 227. The molecule has 0 unspecified atom stereocenters. The van der Waals surface area contributed by atoms with Gasteiger partial charge in [-0.2, -0.15) is 0 Å². The van der Waals surface area contributed by atoms with Gasteiger partial charge in [0.05, 0.1) is 19.6 Å². The van der Waals surface area contributed by atoms with Gasteiger partial charge in [-0.25, -0.2) is 0 Å². The third kappa shape index (κ3) is 4.26. The Morgan fingerprint density at radius 1 is 1.40 bits per heavy atom. The molecule has 0 aliphatic rings. The number of hydrogen-bond acceptors (Lipinski definition) is 6. The first-order valence-electron chi connectivity index (χ1n) is 4.48. The lowest BCUT2D eigenvalue weighted by molar-refractivity contribution is -0.167. The van der Waals surface area contributed by atoms with Gasteiger partial charge in [0.2, 0.25) is 0 Å². The third-order valence-electron chi connectivity index (χ3n) is 1.93. The van der Waals surface area contributed by atoms with Crippen molar-refractivity contribution in [3.05, 3.63) is 0 Å². The van der Waals surface area contributed by atoms with Crippen LogP contribution < -0.4 is 0 Å². The molecule has 6 heteroatoms. The number of hydrogen-bond donors (Lipinski definition) is 2. The SMILES string of the molecule is COC(=O)[C@H](C)[C@H](OC(C)=O)[C@H](O)CO. The molecule has 0 aromatic heterocycles. The van der Waals surface area contributed by atoms with Crippen molar-refractivity contribution >= 4 is 11.9 Å². The van der Waals surface area contributed by atoms with Crippen molar-refractivity contribution in [1.82, 2.24) is 0 Å². The molecule has 0 rings (SSSR count). The first kappa shape index (κ1) is 13.9. The van der Waals surface area contributed by atoms with Gasteiger partial charge in [0.15, 0.2) is 0 Å². The van der Waals surface area contributed by atoms with Crippen LogP contribution in [0.3, 0.4) is 0 Å². The van der Waals surface area contributed by atoms with Gasteiger partial charge >= 0.3 is 11.9 Å². The molecular formula is C9H16O6. The van der Waals surface area contributed by atoms with Crippen LogP contribution in [-0.4, -0.2) is 48.1 Å². The van der Waals surface area contributed by atoms with Crippen LogP contribution in [0.15, 0.2) is 0 Å². The summed E-state index contributed by atoms with van der Waals surface area (Å²) >= 11 is 0. The fourth-order valence-corrected chi connectivity index (χ4v) is 1.13. The Morgan fingerprint density at radius 3 is 2.27 bits per heavy atom. The predicted molar refractivity (Wildman–Crippen MR) is 49.8 cm³/mol. The number of methoxy groups -OCH3 is 1. The zero-order chi connectivity index (χ0) is 12.0. The maximum Gasteiger partial charge on any atom is 0.312 e. The second kappa shape index (κ2) is 6.36. The maximum absolute atomic E-state index is 11.1. The molecule has 0 amide bonds. The van der Waals surface area contributed by atoms with Gasteiger partial charge in [0.25, 0.3) is 0 Å². The van der Waals surface area contributed by atoms with Crippen molar-refractivity contribution < 1.29 is 29.3 Å². The number of rotatable bonds is 5. The number of aliphatic hydroxyl groups excluding tert-OH is 2. The van der Waals surface area contributed by atoms with E-state index >= 15 is 0 Å². The molecule has 0 aromatic rings. The van der Waals surface area contributed by atoms with Gasteiger partial charge in [-0.05, 0) is 6.92 Å². The van der Waals surface area contributed by atoms with Gasteiger partial charge in [0, 0.05) is 6.92 Å². The smallest absolute Gasteiger partial charge is 0.312 e. The fourth-order valence-electron chi connectivity index (χ4n) is 1.13. The van der Waals surface area contributed by atoms with Crippen molar-refractivity contribution in [3.63, 3.8) is 0 Å². The number of carbonyl (C=O) groups is 2. The minimum absolute atomic E-state index is 0.598. The molecular weight excluding hydrogens is 204 g/mol. The Hall–Kier alpha value is -1.14. The second-order valence-electron chi connectivity index (χ2n) is 3.14. The van der Waals surface area contributed by atoms with E-state index in [-0.39, 0.29) is 0 Å². The molecule has 0 spiro atoms. The fraction of sp³-hybridized carbons (Fsp3) is 0.778. The molecule has 15 heavy (non-hydrogen) atoms. The topological polar surface area (TPSA) is 93.1 Å². The summed E-state index contributed by atoms with van der Waals surface area (Å²) < 4.78 is 9.18. The first-order valence-corrected chi connectivity index (χ1v) is 4.48. The molecule has 2 N–H and O–H groups in total. The summed E-state index contributed by atoms with van der Waals surface area (Å²) in [4.78, 5) is 21.9. The summed E-state index contributed by atoms with van der Waals surface area (Å²) in [5.41, 5.74) is 0. The average Bonchev–Trinajstić information content (AvgIpc) is 2.22. The number of carbonyl (C=O) groups excluding carboxylic acids is 2. The molecule has 0 radical (unpaired) electrons. The normalized spacial score (nSPS) is 16.3. The lowest BCUT2D eigenvalue weighted by atomic mass is 10.00. The molecule has 0 aliphatic carbocycles. The maximum atomic E-state index is 11.1. The van der Waals surface area contributed by atoms with E-state index < -0.39 is 36.7 Å². The standard InChI is InChI=1S/C9H16O6/c1-5(9(13)14-3)8(7(12)4-10)15-6(2)11/h5,7-8,10,12H,4H2,1-3H3/t5-,7-,8+/m1/s1. The van der Waals surface area contributed by atoms with Crippen molar-refractivity contribution in [2.45, 2.75) is 26.1 Å². The molecule has 6 nitrogen and oxygen atoms in total. The molecule has 3 atom stereocenters. The van der Waals surface area contributed by atoms with Gasteiger partial charge in [-0.1, -0.05) is 0 Å². The molecule has 0 aromatic carbocycles. The number of ether oxygens (including phenoxy) is 2. The lowest BCUT2D eigenvalue weighted by Crippen LogP contribution is -2.42. The summed E-state index contributed by atoms with van der Waals surface area (Å²) in [7, 11) is 1.19. The zero-order valence-electron chi connectivity index (χ0n) is 8.97. The molecule has 0 saturated carbocycles. The van der Waals surface area contributed by atoms with Crippen LogP contribution in [0.1, 0.15) is 13.8 Å². The number of aliphatic hydroxyl groups is 2. The predicted octanol–water partition coefficient (Wildman–Crippen LogP) is -0.920. The van der Waals surface area contributed by atoms with Crippen molar-refractivity contribution in [1.29, 1.82) is 0 Å². The van der Waals surface area contributed by atoms with Crippen molar-refractivity contribution in [2.24, 2.45) is 5.92 Å². The highest BCUT2D eigenvalue weighted by Crippen LogP contribution is 2.14. The van der Waals surface area contributed by atoms with Gasteiger partial charge < -0.3 is 19.7 Å². The summed E-state index contributed by atoms with van der Waals surface area (Å²) in [6, 6.07) is 0. The van der Waals surface area contributed by atoms with Crippen LogP contribution >= 0.6 is 0 Å². The zero-order valence-corrected chi connectivity index (χ0v) is 8.97. The van der Waals surface area contributed by atoms with E-state index in [0.29, 0.717) is 0 Å². The Kier molecular flexibility index (Phi) is 5.88. The van der Waals surface area contributed by atoms with Crippen LogP contribution in [0.2, 0.25) is 0 Å². The number of esters is 2. The Balaban J connectivity index is 4.60. The van der Waals surface area contributed by atoms with E-state index in [4.69, 9.17) is 9.84 Å². The minimum atomic E-state index is -1.30. The lowest BCUT2D eigenvalue weighted by Gasteiger charge is -2.25. The third-order valence-corrected chi connectivity index (χ3v) is 1.93. The van der Waals surface area contributed by atoms with Gasteiger partial charge in [0.1, 0.15) is 12.2 Å². The molecule has 0 heterocycles. The quantitative estimate of drug-likeness (QED) is 0.582. The van der Waals surface area contributed by atoms with Crippen LogP contribution in [0.4, 0.5) is 0 Å². The summed E-state index contributed by atoms with van der Waals surface area (Å²) in [6.45, 7) is 2.00. The highest BCUT2D eigenvalue weighted by molar-refractivity contribution is 5.73. The van der Waals surface area contributed by atoms with E-state index in [0.717, 1.165) is 6.92 Å². The van der Waals surface area contributed by atoms with Crippen molar-refractivity contribution in [3.8, 4) is 0 Å². The van der Waals surface area contributed by atoms with Crippen molar-refractivity contribution in [2.75, 3.05) is 13.7 Å². The highest BCUT2D eigenvalue weighted by atomic mass is 16.6. The van der Waals surface area contributed by atoms with Crippen LogP contribution in [0, 0.1) is 5.92 Å². The van der Waals surface area contributed by atoms with E-state index in [1.54, 1.807) is 0 Å². The van der Waals surface area contributed by atoms with Crippen LogP contribution in [0.25, 0.3) is 0 Å². The summed E-state index contributed by atoms with van der Waals surface area (Å²) in [5.74, 6) is -2.09.